The first-order valence-electron chi connectivity index (χ1n) is 8.74. The molecule has 8 heteroatoms. The van der Waals surface area contributed by atoms with Crippen LogP contribution in [0.25, 0.3) is 0 Å². The predicted octanol–water partition coefficient (Wildman–Crippen LogP) is 2.32. The first kappa shape index (κ1) is 21.1. The lowest BCUT2D eigenvalue weighted by Gasteiger charge is -2.33. The van der Waals surface area contributed by atoms with E-state index < -0.39 is 17.8 Å². The summed E-state index contributed by atoms with van der Waals surface area (Å²) in [6.45, 7) is 6.18. The molecule has 1 fully saturated rings. The zero-order chi connectivity index (χ0) is 20.0. The summed E-state index contributed by atoms with van der Waals surface area (Å²) in [5.41, 5.74) is 0.369. The predicted molar refractivity (Wildman–Crippen MR) is 105 cm³/mol. The topological polar surface area (TPSA) is 77.1 Å². The average Bonchev–Trinajstić information content (AvgIpc) is 2.61. The second kappa shape index (κ2) is 9.14. The normalized spacial score (nSPS) is 17.2. The smallest absolute Gasteiger partial charge is 0.410 e. The van der Waals surface area contributed by atoms with Gasteiger partial charge in [0.2, 0.25) is 0 Å². The number of ether oxygens (including phenoxy) is 3. The number of methoxy groups -OCH3 is 1. The Labute approximate surface area is 165 Å². The largest absolute Gasteiger partial charge is 0.497 e. The van der Waals surface area contributed by atoms with E-state index in [0.29, 0.717) is 18.0 Å². The third-order valence-corrected chi connectivity index (χ3v) is 4.04. The number of hydrogen-bond acceptors (Lipinski definition) is 6. The van der Waals surface area contributed by atoms with Gasteiger partial charge in [-0.3, -0.25) is 4.79 Å². The molecule has 1 atom stereocenters. The molecular formula is C19H26N2O5S. The highest BCUT2D eigenvalue weighted by atomic mass is 32.1. The SMILES string of the molecule is COc1ccc(CC(=S)NC(=O)C2CN(C(=O)OC(C)(C)C)CCO2)cc1. The van der Waals surface area contributed by atoms with Crippen molar-refractivity contribution in [3.8, 4) is 5.75 Å². The molecule has 1 aromatic carbocycles. The molecule has 0 aliphatic carbocycles. The quantitative estimate of drug-likeness (QED) is 0.790. The van der Waals surface area contributed by atoms with Gasteiger partial charge in [0.1, 0.15) is 11.4 Å². The Morgan fingerprint density at radius 2 is 1.96 bits per heavy atom. The monoisotopic (exact) mass is 394 g/mol. The van der Waals surface area contributed by atoms with E-state index in [0.717, 1.165) is 11.3 Å². The van der Waals surface area contributed by atoms with Crippen molar-refractivity contribution in [1.82, 2.24) is 10.2 Å². The van der Waals surface area contributed by atoms with Gasteiger partial charge in [-0.2, -0.15) is 0 Å². The second-order valence-electron chi connectivity index (χ2n) is 7.22. The van der Waals surface area contributed by atoms with E-state index in [1.807, 2.05) is 24.3 Å². The van der Waals surface area contributed by atoms with Crippen LogP contribution in [0.15, 0.2) is 24.3 Å². The third-order valence-electron chi connectivity index (χ3n) is 3.80. The summed E-state index contributed by atoms with van der Waals surface area (Å²) in [6, 6.07) is 7.45. The number of carbonyl (C=O) groups is 2. The fourth-order valence-electron chi connectivity index (χ4n) is 2.49. The van der Waals surface area contributed by atoms with E-state index in [1.165, 1.54) is 4.90 Å². The van der Waals surface area contributed by atoms with Crippen molar-refractivity contribution >= 4 is 29.2 Å². The maximum absolute atomic E-state index is 12.4. The maximum atomic E-state index is 12.4. The van der Waals surface area contributed by atoms with Crippen LogP contribution >= 0.6 is 12.2 Å². The fourth-order valence-corrected chi connectivity index (χ4v) is 2.76. The van der Waals surface area contributed by atoms with Gasteiger partial charge in [-0.15, -0.1) is 0 Å². The number of amides is 2. The summed E-state index contributed by atoms with van der Waals surface area (Å²) in [6.07, 6.45) is -0.808. The molecule has 0 radical (unpaired) electrons. The maximum Gasteiger partial charge on any atom is 0.410 e. The molecule has 1 aliphatic rings. The molecule has 27 heavy (non-hydrogen) atoms. The van der Waals surface area contributed by atoms with Crippen LogP contribution in [-0.2, 0) is 20.7 Å². The molecule has 0 bridgehead atoms. The highest BCUT2D eigenvalue weighted by molar-refractivity contribution is 7.80. The lowest BCUT2D eigenvalue weighted by atomic mass is 10.1. The molecule has 1 unspecified atom stereocenters. The van der Waals surface area contributed by atoms with Crippen LogP contribution in [0.5, 0.6) is 5.75 Å². The second-order valence-corrected chi connectivity index (χ2v) is 7.72. The van der Waals surface area contributed by atoms with Crippen LogP contribution in [0, 0.1) is 0 Å². The van der Waals surface area contributed by atoms with Crippen molar-refractivity contribution < 1.29 is 23.8 Å². The molecule has 1 aliphatic heterocycles. The minimum Gasteiger partial charge on any atom is -0.497 e. The molecule has 148 valence electrons. The number of rotatable bonds is 4. The van der Waals surface area contributed by atoms with Crippen molar-refractivity contribution in [3.63, 3.8) is 0 Å². The number of carbonyl (C=O) groups excluding carboxylic acids is 2. The number of thiocarbonyl (C=S) groups is 1. The third kappa shape index (κ3) is 6.80. The van der Waals surface area contributed by atoms with Crippen molar-refractivity contribution in [3.05, 3.63) is 29.8 Å². The number of hydrogen-bond donors (Lipinski definition) is 1. The van der Waals surface area contributed by atoms with Crippen LogP contribution in [-0.4, -0.2) is 60.4 Å². The molecule has 0 saturated carbocycles. The molecule has 7 nitrogen and oxygen atoms in total. The number of nitrogens with zero attached hydrogens (tertiary/aromatic N) is 1. The van der Waals surface area contributed by atoms with Gasteiger partial charge in [0.15, 0.2) is 6.10 Å². The molecular weight excluding hydrogens is 368 g/mol. The van der Waals surface area contributed by atoms with Gasteiger partial charge in [-0.1, -0.05) is 24.4 Å². The van der Waals surface area contributed by atoms with E-state index in [4.69, 9.17) is 26.4 Å². The molecule has 2 amide bonds. The Morgan fingerprint density at radius 3 is 2.56 bits per heavy atom. The summed E-state index contributed by atoms with van der Waals surface area (Å²) in [5.74, 6) is 0.397. The van der Waals surface area contributed by atoms with E-state index in [2.05, 4.69) is 5.32 Å². The van der Waals surface area contributed by atoms with E-state index in [9.17, 15) is 9.59 Å². The van der Waals surface area contributed by atoms with E-state index in [1.54, 1.807) is 27.9 Å². The minimum absolute atomic E-state index is 0.131. The number of benzene rings is 1. The van der Waals surface area contributed by atoms with Gasteiger partial charge in [0.25, 0.3) is 5.91 Å². The standard InChI is InChI=1S/C19H26N2O5S/c1-19(2,3)26-18(23)21-9-10-25-15(12-21)17(22)20-16(27)11-13-5-7-14(24-4)8-6-13/h5-8,15H,9-12H2,1-4H3,(H,20,22,27). The van der Waals surface area contributed by atoms with Crippen LogP contribution in [0.4, 0.5) is 4.79 Å². The highest BCUT2D eigenvalue weighted by Crippen LogP contribution is 2.14. The summed E-state index contributed by atoms with van der Waals surface area (Å²) < 4.78 is 16.0. The zero-order valence-corrected chi connectivity index (χ0v) is 16.9. The molecule has 0 aromatic heterocycles. The Morgan fingerprint density at radius 1 is 1.30 bits per heavy atom. The Kier molecular flexibility index (Phi) is 7.15. The first-order valence-corrected chi connectivity index (χ1v) is 9.15. The minimum atomic E-state index is -0.778. The van der Waals surface area contributed by atoms with Crippen molar-refractivity contribution in [1.29, 1.82) is 0 Å². The van der Waals surface area contributed by atoms with Crippen LogP contribution in [0.2, 0.25) is 0 Å². The zero-order valence-electron chi connectivity index (χ0n) is 16.1. The van der Waals surface area contributed by atoms with Crippen molar-refractivity contribution in [2.45, 2.75) is 38.9 Å². The van der Waals surface area contributed by atoms with Gasteiger partial charge in [0, 0.05) is 13.0 Å². The fraction of sp³-hybridized carbons (Fsp3) is 0.526. The van der Waals surface area contributed by atoms with Gasteiger partial charge in [-0.25, -0.2) is 4.79 Å². The summed E-state index contributed by atoms with van der Waals surface area (Å²) >= 11 is 5.27. The molecule has 1 heterocycles. The molecule has 2 rings (SSSR count). The molecule has 1 saturated heterocycles. The Bertz CT molecular complexity index is 684. The van der Waals surface area contributed by atoms with E-state index >= 15 is 0 Å². The van der Waals surface area contributed by atoms with Crippen LogP contribution < -0.4 is 10.1 Å². The van der Waals surface area contributed by atoms with Gasteiger partial charge >= 0.3 is 6.09 Å². The lowest BCUT2D eigenvalue weighted by Crippen LogP contribution is -2.53. The molecule has 0 spiro atoms. The number of morpholine rings is 1. The van der Waals surface area contributed by atoms with Gasteiger partial charge in [0.05, 0.1) is 25.2 Å². The lowest BCUT2D eigenvalue weighted by molar-refractivity contribution is -0.136. The van der Waals surface area contributed by atoms with Crippen molar-refractivity contribution in [2.75, 3.05) is 26.8 Å². The number of nitrogens with one attached hydrogen (secondary N) is 1. The summed E-state index contributed by atoms with van der Waals surface area (Å²) in [4.78, 5) is 26.5. The first-order chi connectivity index (χ1) is 12.7. The van der Waals surface area contributed by atoms with Gasteiger partial charge < -0.3 is 24.4 Å². The van der Waals surface area contributed by atoms with Crippen LogP contribution in [0.3, 0.4) is 0 Å². The van der Waals surface area contributed by atoms with Gasteiger partial charge in [-0.05, 0) is 38.5 Å². The van der Waals surface area contributed by atoms with Crippen LogP contribution in [0.1, 0.15) is 26.3 Å². The van der Waals surface area contributed by atoms with Crippen molar-refractivity contribution in [2.24, 2.45) is 0 Å². The molecule has 1 N–H and O–H groups in total. The molecule has 1 aromatic rings. The average molecular weight is 394 g/mol. The summed E-state index contributed by atoms with van der Waals surface area (Å²) in [7, 11) is 1.60. The van der Waals surface area contributed by atoms with E-state index in [-0.39, 0.29) is 19.1 Å². The Hall–Kier alpha value is -2.19. The highest BCUT2D eigenvalue weighted by Gasteiger charge is 2.32. The summed E-state index contributed by atoms with van der Waals surface area (Å²) in [5, 5.41) is 2.69. The Balaban J connectivity index is 1.86.